The van der Waals surface area contributed by atoms with Crippen molar-refractivity contribution in [3.8, 4) is 17.1 Å². The zero-order valence-corrected chi connectivity index (χ0v) is 15.6. The van der Waals surface area contributed by atoms with Crippen molar-refractivity contribution in [1.29, 1.82) is 0 Å². The molecule has 0 spiro atoms. The van der Waals surface area contributed by atoms with E-state index >= 15 is 0 Å². The second kappa shape index (κ2) is 7.08. The minimum absolute atomic E-state index is 0.473. The Morgan fingerprint density at radius 2 is 1.72 bits per heavy atom. The highest BCUT2D eigenvalue weighted by atomic mass is 16.5. The molecule has 0 saturated carbocycles. The molecule has 5 rings (SSSR count). The van der Waals surface area contributed by atoms with Crippen LogP contribution in [0.2, 0.25) is 0 Å². The van der Waals surface area contributed by atoms with Crippen LogP contribution in [0.3, 0.4) is 0 Å². The maximum absolute atomic E-state index is 5.23. The van der Waals surface area contributed by atoms with E-state index in [1.54, 1.807) is 30.5 Å². The molecule has 0 unspecified atom stereocenters. The highest BCUT2D eigenvalue weighted by Crippen LogP contribution is 2.21. The molecule has 0 aliphatic heterocycles. The Morgan fingerprint density at radius 1 is 0.897 bits per heavy atom. The van der Waals surface area contributed by atoms with E-state index in [0.29, 0.717) is 17.1 Å². The number of aromatic nitrogens is 6. The summed E-state index contributed by atoms with van der Waals surface area (Å²) in [5.41, 5.74) is 4.14. The first-order valence-corrected chi connectivity index (χ1v) is 9.02. The van der Waals surface area contributed by atoms with E-state index in [1.807, 2.05) is 65.4 Å². The Balaban J connectivity index is 1.45. The van der Waals surface area contributed by atoms with Gasteiger partial charge in [-0.25, -0.2) is 14.6 Å². The van der Waals surface area contributed by atoms with Crippen LogP contribution in [-0.2, 0) is 0 Å². The SMILES string of the molecule is COc1ccc(-n2cnc3cnc(Nc4cnn(-c5ccccc5)c4)nc32)cc1. The number of imidazole rings is 1. The first kappa shape index (κ1) is 16.9. The van der Waals surface area contributed by atoms with Crippen LogP contribution in [0.5, 0.6) is 5.75 Å². The highest BCUT2D eigenvalue weighted by Gasteiger charge is 2.10. The topological polar surface area (TPSA) is 82.7 Å². The molecule has 5 aromatic rings. The number of benzene rings is 2. The highest BCUT2D eigenvalue weighted by molar-refractivity contribution is 5.74. The third-order valence-electron chi connectivity index (χ3n) is 4.50. The molecule has 3 heterocycles. The Bertz CT molecular complexity index is 1260. The molecule has 2 aromatic carbocycles. The molecule has 3 aromatic heterocycles. The Kier molecular flexibility index (Phi) is 4.14. The van der Waals surface area contributed by atoms with Gasteiger partial charge in [0.15, 0.2) is 5.65 Å². The second-order valence-electron chi connectivity index (χ2n) is 6.35. The minimum Gasteiger partial charge on any atom is -0.497 e. The quantitative estimate of drug-likeness (QED) is 0.498. The van der Waals surface area contributed by atoms with E-state index in [0.717, 1.165) is 22.8 Å². The van der Waals surface area contributed by atoms with E-state index in [2.05, 4.69) is 25.4 Å². The maximum atomic E-state index is 5.23. The minimum atomic E-state index is 0.473. The van der Waals surface area contributed by atoms with Gasteiger partial charge in [0.2, 0.25) is 5.95 Å². The number of nitrogens with one attached hydrogen (secondary N) is 1. The molecule has 0 radical (unpaired) electrons. The van der Waals surface area contributed by atoms with Crippen molar-refractivity contribution in [2.75, 3.05) is 12.4 Å². The van der Waals surface area contributed by atoms with Crippen LogP contribution in [-0.4, -0.2) is 36.4 Å². The normalized spacial score (nSPS) is 10.9. The van der Waals surface area contributed by atoms with Gasteiger partial charge >= 0.3 is 0 Å². The van der Waals surface area contributed by atoms with Crippen molar-refractivity contribution in [2.24, 2.45) is 0 Å². The largest absolute Gasteiger partial charge is 0.497 e. The number of hydrogen-bond donors (Lipinski definition) is 1. The number of fused-ring (bicyclic) bond motifs is 1. The third kappa shape index (κ3) is 3.27. The van der Waals surface area contributed by atoms with Crippen LogP contribution in [0.15, 0.2) is 79.5 Å². The molecular weight excluding hydrogens is 366 g/mol. The van der Waals surface area contributed by atoms with Gasteiger partial charge in [-0.15, -0.1) is 0 Å². The molecular formula is C21H17N7O. The monoisotopic (exact) mass is 383 g/mol. The van der Waals surface area contributed by atoms with Crippen molar-refractivity contribution in [3.63, 3.8) is 0 Å². The zero-order valence-electron chi connectivity index (χ0n) is 15.6. The van der Waals surface area contributed by atoms with Crippen molar-refractivity contribution < 1.29 is 4.74 Å². The van der Waals surface area contributed by atoms with E-state index in [9.17, 15) is 0 Å². The van der Waals surface area contributed by atoms with Gasteiger partial charge < -0.3 is 10.1 Å². The molecule has 142 valence electrons. The fraction of sp³-hybridized carbons (Fsp3) is 0.0476. The molecule has 0 aliphatic rings. The van der Waals surface area contributed by atoms with Crippen molar-refractivity contribution >= 4 is 22.8 Å². The van der Waals surface area contributed by atoms with E-state index in [1.165, 1.54) is 0 Å². The molecule has 8 nitrogen and oxygen atoms in total. The Labute approximate surface area is 166 Å². The summed E-state index contributed by atoms with van der Waals surface area (Å²) >= 11 is 0. The average Bonchev–Trinajstić information content (AvgIpc) is 3.41. The van der Waals surface area contributed by atoms with Gasteiger partial charge in [-0.2, -0.15) is 10.1 Å². The van der Waals surface area contributed by atoms with Crippen LogP contribution in [0.25, 0.3) is 22.5 Å². The molecule has 0 atom stereocenters. The van der Waals surface area contributed by atoms with Crippen LogP contribution < -0.4 is 10.1 Å². The molecule has 0 aliphatic carbocycles. The summed E-state index contributed by atoms with van der Waals surface area (Å²) in [6.45, 7) is 0. The van der Waals surface area contributed by atoms with Gasteiger partial charge in [-0.3, -0.25) is 4.57 Å². The summed E-state index contributed by atoms with van der Waals surface area (Å²) in [4.78, 5) is 13.4. The Morgan fingerprint density at radius 3 is 2.52 bits per heavy atom. The fourth-order valence-corrected chi connectivity index (χ4v) is 3.04. The molecule has 0 fully saturated rings. The lowest BCUT2D eigenvalue weighted by Crippen LogP contribution is -1.99. The summed E-state index contributed by atoms with van der Waals surface area (Å²) in [5.74, 6) is 1.27. The summed E-state index contributed by atoms with van der Waals surface area (Å²) < 4.78 is 8.93. The van der Waals surface area contributed by atoms with Crippen molar-refractivity contribution in [2.45, 2.75) is 0 Å². The maximum Gasteiger partial charge on any atom is 0.229 e. The van der Waals surface area contributed by atoms with Gasteiger partial charge in [0.05, 0.1) is 37.1 Å². The summed E-state index contributed by atoms with van der Waals surface area (Å²) in [6, 6.07) is 17.6. The van der Waals surface area contributed by atoms with Gasteiger partial charge in [0, 0.05) is 5.69 Å². The van der Waals surface area contributed by atoms with Crippen LogP contribution in [0, 0.1) is 0 Å². The first-order valence-electron chi connectivity index (χ1n) is 9.02. The van der Waals surface area contributed by atoms with Gasteiger partial charge in [-0.05, 0) is 36.4 Å². The lowest BCUT2D eigenvalue weighted by atomic mass is 10.3. The number of hydrogen-bond acceptors (Lipinski definition) is 6. The van der Waals surface area contributed by atoms with Crippen molar-refractivity contribution in [1.82, 2.24) is 29.3 Å². The number of ether oxygens (including phenoxy) is 1. The molecule has 0 amide bonds. The molecule has 0 bridgehead atoms. The van der Waals surface area contributed by atoms with E-state index in [-0.39, 0.29) is 0 Å². The van der Waals surface area contributed by atoms with Gasteiger partial charge in [0.25, 0.3) is 0 Å². The standard InChI is InChI=1S/C21H17N7O/c1-29-18-9-7-16(8-10-18)27-14-23-19-12-22-21(26-20(19)27)25-15-11-24-28(13-15)17-5-3-2-4-6-17/h2-14H,1H3,(H,22,25,26). The number of rotatable bonds is 5. The number of anilines is 2. The van der Waals surface area contributed by atoms with Gasteiger partial charge in [0.1, 0.15) is 17.6 Å². The Hall–Kier alpha value is -4.20. The lowest BCUT2D eigenvalue weighted by Gasteiger charge is -2.06. The smallest absolute Gasteiger partial charge is 0.229 e. The lowest BCUT2D eigenvalue weighted by molar-refractivity contribution is 0.415. The molecule has 1 N–H and O–H groups in total. The number of nitrogens with zero attached hydrogens (tertiary/aromatic N) is 6. The van der Waals surface area contributed by atoms with Crippen LogP contribution in [0.1, 0.15) is 0 Å². The predicted octanol–water partition coefficient (Wildman–Crippen LogP) is 3.75. The first-order chi connectivity index (χ1) is 14.3. The average molecular weight is 383 g/mol. The van der Waals surface area contributed by atoms with E-state index < -0.39 is 0 Å². The van der Waals surface area contributed by atoms with Gasteiger partial charge in [-0.1, -0.05) is 18.2 Å². The summed E-state index contributed by atoms with van der Waals surface area (Å²) in [7, 11) is 1.65. The second-order valence-corrected chi connectivity index (χ2v) is 6.35. The molecule has 8 heteroatoms. The molecule has 0 saturated heterocycles. The van der Waals surface area contributed by atoms with Crippen LogP contribution >= 0.6 is 0 Å². The molecule has 29 heavy (non-hydrogen) atoms. The van der Waals surface area contributed by atoms with E-state index in [4.69, 9.17) is 4.74 Å². The number of methoxy groups -OCH3 is 1. The fourth-order valence-electron chi connectivity index (χ4n) is 3.04. The number of para-hydroxylation sites is 1. The predicted molar refractivity (Wildman–Crippen MR) is 110 cm³/mol. The van der Waals surface area contributed by atoms with Crippen LogP contribution in [0.4, 0.5) is 11.6 Å². The summed E-state index contributed by atoms with van der Waals surface area (Å²) in [6.07, 6.45) is 7.07. The van der Waals surface area contributed by atoms with Crippen molar-refractivity contribution in [3.05, 3.63) is 79.5 Å². The zero-order chi connectivity index (χ0) is 19.6. The summed E-state index contributed by atoms with van der Waals surface area (Å²) in [5, 5.41) is 7.59. The third-order valence-corrected chi connectivity index (χ3v) is 4.50.